The molecule has 0 unspecified atom stereocenters. The molecule has 1 aromatic carbocycles. The van der Waals surface area contributed by atoms with Crippen molar-refractivity contribution in [1.82, 2.24) is 5.32 Å². The van der Waals surface area contributed by atoms with Crippen LogP contribution in [0.1, 0.15) is 18.9 Å². The molecule has 2 rings (SSSR count). The van der Waals surface area contributed by atoms with E-state index in [0.29, 0.717) is 15.6 Å². The molecule has 1 N–H and O–H groups in total. The van der Waals surface area contributed by atoms with Crippen molar-refractivity contribution in [3.05, 3.63) is 32.4 Å². The van der Waals surface area contributed by atoms with E-state index in [-0.39, 0.29) is 0 Å². The summed E-state index contributed by atoms with van der Waals surface area (Å²) in [6.45, 7) is 3.82. The summed E-state index contributed by atoms with van der Waals surface area (Å²) in [5.41, 5.74) is 1.68. The Morgan fingerprint density at radius 1 is 1.41 bits per heavy atom. The Morgan fingerprint density at radius 2 is 2.18 bits per heavy atom. The van der Waals surface area contributed by atoms with E-state index < -0.39 is 0 Å². The summed E-state index contributed by atoms with van der Waals surface area (Å²) in [5, 5.41) is 5.42. The van der Waals surface area contributed by atoms with Crippen molar-refractivity contribution < 1.29 is 4.42 Å². The van der Waals surface area contributed by atoms with Crippen LogP contribution in [0, 0.1) is 0 Å². The molecule has 0 aliphatic heterocycles. The van der Waals surface area contributed by atoms with Gasteiger partial charge in [0, 0.05) is 22.0 Å². The Morgan fingerprint density at radius 3 is 2.88 bits per heavy atom. The molecule has 0 atom stereocenters. The van der Waals surface area contributed by atoms with Crippen LogP contribution in [0.2, 0.25) is 10.0 Å². The monoisotopic (exact) mass is 335 g/mol. The summed E-state index contributed by atoms with van der Waals surface area (Å²) in [6.07, 6.45) is 2.80. The molecule has 5 heteroatoms. The van der Waals surface area contributed by atoms with Crippen molar-refractivity contribution in [3.63, 3.8) is 0 Å². The van der Waals surface area contributed by atoms with Crippen LogP contribution in [0.3, 0.4) is 0 Å². The highest BCUT2D eigenvalue weighted by molar-refractivity contribution is 9.10. The topological polar surface area (TPSA) is 25.2 Å². The molecule has 0 bridgehead atoms. The third kappa shape index (κ3) is 2.63. The summed E-state index contributed by atoms with van der Waals surface area (Å²) in [7, 11) is 0. The van der Waals surface area contributed by atoms with Gasteiger partial charge in [0.25, 0.3) is 0 Å². The molecular formula is C12H12BrCl2NO. The summed E-state index contributed by atoms with van der Waals surface area (Å²) >= 11 is 15.8. The Labute approximate surface area is 118 Å². The standard InChI is InChI=1S/C12H12BrCl2NO/c1-2-3-16-5-7-6-17-12-9(14)4-8(13)11(15)10(7)12/h4,6,16H,2-3,5H2,1H3. The van der Waals surface area contributed by atoms with Gasteiger partial charge in [-0.3, -0.25) is 0 Å². The molecule has 92 valence electrons. The van der Waals surface area contributed by atoms with Crippen molar-refractivity contribution in [2.45, 2.75) is 19.9 Å². The maximum atomic E-state index is 6.26. The molecule has 17 heavy (non-hydrogen) atoms. The zero-order valence-corrected chi connectivity index (χ0v) is 12.4. The molecule has 0 aliphatic rings. The van der Waals surface area contributed by atoms with Crippen molar-refractivity contribution in [3.8, 4) is 0 Å². The molecular weight excluding hydrogens is 325 g/mol. The lowest BCUT2D eigenvalue weighted by Gasteiger charge is -2.04. The van der Waals surface area contributed by atoms with Gasteiger partial charge in [0.1, 0.15) is 0 Å². The van der Waals surface area contributed by atoms with E-state index in [1.807, 2.05) is 0 Å². The third-order valence-corrected chi connectivity index (χ3v) is 4.04. The first-order valence-corrected chi connectivity index (χ1v) is 6.94. The molecule has 1 heterocycles. The molecule has 2 nitrogen and oxygen atoms in total. The van der Waals surface area contributed by atoms with E-state index in [2.05, 4.69) is 28.2 Å². The first-order valence-electron chi connectivity index (χ1n) is 5.39. The molecule has 0 saturated heterocycles. The van der Waals surface area contributed by atoms with Gasteiger partial charge in [0.05, 0.1) is 16.3 Å². The number of nitrogens with one attached hydrogen (secondary N) is 1. The van der Waals surface area contributed by atoms with Gasteiger partial charge in [-0.1, -0.05) is 30.1 Å². The van der Waals surface area contributed by atoms with Crippen LogP contribution in [0.5, 0.6) is 0 Å². The molecule has 0 aliphatic carbocycles. The van der Waals surface area contributed by atoms with Crippen molar-refractivity contribution in [2.24, 2.45) is 0 Å². The lowest BCUT2D eigenvalue weighted by molar-refractivity contribution is 0.601. The van der Waals surface area contributed by atoms with Gasteiger partial charge in [-0.2, -0.15) is 0 Å². The van der Waals surface area contributed by atoms with Crippen LogP contribution < -0.4 is 5.32 Å². The van der Waals surface area contributed by atoms with E-state index in [0.717, 1.165) is 34.9 Å². The zero-order valence-electron chi connectivity index (χ0n) is 9.32. The van der Waals surface area contributed by atoms with Gasteiger partial charge in [-0.15, -0.1) is 0 Å². The second-order valence-electron chi connectivity index (χ2n) is 3.80. The fourth-order valence-electron chi connectivity index (χ4n) is 1.70. The maximum absolute atomic E-state index is 6.26. The fourth-order valence-corrected chi connectivity index (χ4v) is 2.77. The Kier molecular flexibility index (Phi) is 4.36. The Balaban J connectivity index is 2.44. The van der Waals surface area contributed by atoms with Gasteiger partial charge in [-0.25, -0.2) is 0 Å². The SMILES string of the molecule is CCCNCc1coc2c(Cl)cc(Br)c(Cl)c12. The second-order valence-corrected chi connectivity index (χ2v) is 5.44. The minimum Gasteiger partial charge on any atom is -0.462 e. The first kappa shape index (κ1) is 13.2. The maximum Gasteiger partial charge on any atom is 0.154 e. The van der Waals surface area contributed by atoms with Gasteiger partial charge in [0.15, 0.2) is 5.58 Å². The minimum atomic E-state index is 0.568. The lowest BCUT2D eigenvalue weighted by Crippen LogP contribution is -2.13. The fraction of sp³-hybridized carbons (Fsp3) is 0.333. The molecule has 0 spiro atoms. The van der Waals surface area contributed by atoms with Crippen LogP contribution >= 0.6 is 39.1 Å². The van der Waals surface area contributed by atoms with Crippen molar-refractivity contribution >= 4 is 50.1 Å². The van der Waals surface area contributed by atoms with E-state index in [1.54, 1.807) is 12.3 Å². The quantitative estimate of drug-likeness (QED) is 0.627. The summed E-state index contributed by atoms with van der Waals surface area (Å²) in [5.74, 6) is 0. The van der Waals surface area contributed by atoms with Crippen LogP contribution in [-0.4, -0.2) is 6.54 Å². The number of hydrogen-bond donors (Lipinski definition) is 1. The highest BCUT2D eigenvalue weighted by Gasteiger charge is 2.15. The zero-order chi connectivity index (χ0) is 12.4. The van der Waals surface area contributed by atoms with E-state index in [1.165, 1.54) is 0 Å². The summed E-state index contributed by atoms with van der Waals surface area (Å²) < 4.78 is 6.26. The normalized spacial score (nSPS) is 11.3. The van der Waals surface area contributed by atoms with Crippen molar-refractivity contribution in [1.29, 1.82) is 0 Å². The van der Waals surface area contributed by atoms with Crippen molar-refractivity contribution in [2.75, 3.05) is 6.54 Å². The van der Waals surface area contributed by atoms with Gasteiger partial charge >= 0.3 is 0 Å². The smallest absolute Gasteiger partial charge is 0.154 e. The highest BCUT2D eigenvalue weighted by atomic mass is 79.9. The molecule has 0 saturated carbocycles. The molecule has 0 fully saturated rings. The predicted molar refractivity (Wildman–Crippen MR) is 75.9 cm³/mol. The molecule has 0 radical (unpaired) electrons. The minimum absolute atomic E-state index is 0.568. The summed E-state index contributed by atoms with van der Waals surface area (Å²) in [4.78, 5) is 0. The number of benzene rings is 1. The average molecular weight is 337 g/mol. The second kappa shape index (κ2) is 5.61. The van der Waals surface area contributed by atoms with Crippen LogP contribution in [0.25, 0.3) is 11.0 Å². The number of fused-ring (bicyclic) bond motifs is 1. The predicted octanol–water partition coefficient (Wildman–Crippen LogP) is 5.00. The number of halogens is 3. The van der Waals surface area contributed by atoms with Crippen LogP contribution in [0.15, 0.2) is 21.2 Å². The Hall–Kier alpha value is -0.220. The Bertz CT molecular complexity index is 539. The number of hydrogen-bond acceptors (Lipinski definition) is 2. The van der Waals surface area contributed by atoms with Gasteiger partial charge < -0.3 is 9.73 Å². The summed E-state index contributed by atoms with van der Waals surface area (Å²) in [6, 6.07) is 1.75. The molecule has 2 aromatic rings. The lowest BCUT2D eigenvalue weighted by atomic mass is 10.1. The first-order chi connectivity index (χ1) is 8.15. The van der Waals surface area contributed by atoms with E-state index in [4.69, 9.17) is 27.6 Å². The highest BCUT2D eigenvalue weighted by Crippen LogP contribution is 2.38. The van der Waals surface area contributed by atoms with E-state index >= 15 is 0 Å². The van der Waals surface area contributed by atoms with E-state index in [9.17, 15) is 0 Å². The molecule has 0 amide bonds. The van der Waals surface area contributed by atoms with Gasteiger partial charge in [-0.05, 0) is 35.0 Å². The molecule has 1 aromatic heterocycles. The third-order valence-electron chi connectivity index (χ3n) is 2.51. The number of furan rings is 1. The largest absolute Gasteiger partial charge is 0.462 e. The van der Waals surface area contributed by atoms with Crippen LogP contribution in [-0.2, 0) is 6.54 Å². The average Bonchev–Trinajstić information content (AvgIpc) is 2.71. The van der Waals surface area contributed by atoms with Gasteiger partial charge in [0.2, 0.25) is 0 Å². The number of rotatable bonds is 4. The van der Waals surface area contributed by atoms with Crippen LogP contribution in [0.4, 0.5) is 0 Å².